The maximum absolute atomic E-state index is 12.5. The van der Waals surface area contributed by atoms with Gasteiger partial charge in [0.05, 0.1) is 11.7 Å². The highest BCUT2D eigenvalue weighted by molar-refractivity contribution is 9.10. The lowest BCUT2D eigenvalue weighted by atomic mass is 9.67. The van der Waals surface area contributed by atoms with E-state index in [-0.39, 0.29) is 12.6 Å². The Hall–Kier alpha value is -5.26. The standard InChI is InChI=1S/C29H17BrS.C17H9BrO.C6H6S.CH4O3S.H2/c30-19-14-15-21-25(17-19)29(24-16-13-18-7-1-2-8-20(18)28(21)24)22-9-3-5-11-26(22)31-27-12-6-4-10-23(27)29;18-11-6-8-13-15(9-11)17(19)14-7-5-10-3-1-2-4-12(10)16(13)14;7-6-4-2-1-3-5-6;1-5(2,3)4;/h1-17H;1-9H;1-5,7H;1H3,(H,2,3,4);1H/i;;;;1+1. The zero-order valence-corrected chi connectivity index (χ0v) is 38.8. The van der Waals surface area contributed by atoms with E-state index < -0.39 is 10.1 Å². The molecule has 0 bridgehead atoms. The maximum atomic E-state index is 12.5. The summed E-state index contributed by atoms with van der Waals surface area (Å²) in [5.41, 5.74) is 11.6. The quantitative estimate of drug-likeness (QED) is 0.117. The Morgan fingerprint density at radius 3 is 1.60 bits per heavy atom. The van der Waals surface area contributed by atoms with E-state index in [2.05, 4.69) is 160 Å². The molecule has 0 fully saturated rings. The lowest BCUT2D eigenvalue weighted by Crippen LogP contribution is -2.31. The molecule has 1 N–H and O–H groups in total. The van der Waals surface area contributed by atoms with Gasteiger partial charge in [-0.2, -0.15) is 8.42 Å². The summed E-state index contributed by atoms with van der Waals surface area (Å²) in [4.78, 5) is 16.2. The van der Waals surface area contributed by atoms with E-state index in [1.807, 2.05) is 84.6 Å². The van der Waals surface area contributed by atoms with Gasteiger partial charge in [-0.05, 0) is 115 Å². The highest BCUT2D eigenvalue weighted by Gasteiger charge is 2.50. The first-order chi connectivity index (χ1) is 29.9. The summed E-state index contributed by atoms with van der Waals surface area (Å²) in [5, 5.41) is 4.94. The number of hydrogen-bond donors (Lipinski definition) is 2. The number of ketones is 1. The van der Waals surface area contributed by atoms with Crippen molar-refractivity contribution in [3.05, 3.63) is 230 Å². The van der Waals surface area contributed by atoms with E-state index in [9.17, 15) is 13.2 Å². The van der Waals surface area contributed by atoms with Crippen molar-refractivity contribution in [2.24, 2.45) is 0 Å². The first-order valence-electron chi connectivity index (χ1n) is 19.7. The van der Waals surface area contributed by atoms with Crippen LogP contribution < -0.4 is 0 Å². The molecule has 9 aromatic rings. The largest absolute Gasteiger partial charge is 0.289 e. The van der Waals surface area contributed by atoms with Crippen LogP contribution in [-0.2, 0) is 15.5 Å². The minimum absolute atomic E-state index is 0. The van der Waals surface area contributed by atoms with Gasteiger partial charge in [0.1, 0.15) is 0 Å². The number of carbonyl (C=O) groups excluding carboxylic acids is 1. The lowest BCUT2D eigenvalue weighted by molar-refractivity contribution is 0.104. The van der Waals surface area contributed by atoms with Crippen LogP contribution in [0.3, 0.4) is 0 Å². The SMILES string of the molecule is Brc1ccc2c(c1)C1(c3ccccc3Sc3ccccc31)c1ccc3ccccc3c1-2.CS(=O)(=O)O.O=C1c2cc(Br)ccc2-c2c1ccc1ccccc21.Sc1ccccc1.[2HH]. The van der Waals surface area contributed by atoms with Crippen LogP contribution in [0.1, 0.15) is 39.6 Å². The Morgan fingerprint density at radius 1 is 0.516 bits per heavy atom. The zero-order chi connectivity index (χ0) is 43.2. The van der Waals surface area contributed by atoms with Gasteiger partial charge in [0.25, 0.3) is 10.1 Å². The predicted molar refractivity (Wildman–Crippen MR) is 267 cm³/mol. The van der Waals surface area contributed by atoms with Gasteiger partial charge in [-0.3, -0.25) is 9.35 Å². The molecule has 0 radical (unpaired) electrons. The minimum atomic E-state index is -3.67. The van der Waals surface area contributed by atoms with Crippen molar-refractivity contribution in [2.75, 3.05) is 6.26 Å². The molecule has 9 aromatic carbocycles. The molecule has 4 nitrogen and oxygen atoms in total. The normalized spacial score (nSPS) is 13.1. The Labute approximate surface area is 389 Å². The molecular formula is C53H38Br2O4S3. The summed E-state index contributed by atoms with van der Waals surface area (Å²) in [5.74, 6) is 0.122. The Kier molecular flexibility index (Phi) is 11.6. The Balaban J connectivity index is 0.000000144. The number of rotatable bonds is 0. The number of carbonyl (C=O) groups is 1. The van der Waals surface area contributed by atoms with Gasteiger partial charge in [-0.25, -0.2) is 0 Å². The monoisotopic (exact) mass is 993 g/mol. The van der Waals surface area contributed by atoms with Crippen LogP contribution in [0.4, 0.5) is 0 Å². The number of thiol groups is 1. The van der Waals surface area contributed by atoms with Crippen molar-refractivity contribution in [2.45, 2.75) is 20.1 Å². The highest BCUT2D eigenvalue weighted by Crippen LogP contribution is 2.63. The van der Waals surface area contributed by atoms with Crippen molar-refractivity contribution in [3.8, 4) is 22.3 Å². The second-order valence-corrected chi connectivity index (χ2v) is 19.9. The summed E-state index contributed by atoms with van der Waals surface area (Å²) >= 11 is 13.2. The van der Waals surface area contributed by atoms with E-state index in [1.54, 1.807) is 0 Å². The van der Waals surface area contributed by atoms with E-state index in [0.29, 0.717) is 6.26 Å². The maximum Gasteiger partial charge on any atom is 0.261 e. The topological polar surface area (TPSA) is 71.4 Å². The van der Waals surface area contributed by atoms with Crippen LogP contribution in [0, 0.1) is 0 Å². The average Bonchev–Trinajstić information content (AvgIpc) is 3.72. The molecule has 306 valence electrons. The van der Waals surface area contributed by atoms with Gasteiger partial charge >= 0.3 is 0 Å². The summed E-state index contributed by atoms with van der Waals surface area (Å²) in [6.45, 7) is 0. The van der Waals surface area contributed by atoms with Gasteiger partial charge < -0.3 is 0 Å². The first-order valence-corrected chi connectivity index (χ1v) is 24.4. The van der Waals surface area contributed by atoms with Crippen LogP contribution in [-0.4, -0.2) is 25.0 Å². The lowest BCUT2D eigenvalue weighted by Gasteiger charge is -2.39. The molecule has 0 saturated heterocycles. The summed E-state index contributed by atoms with van der Waals surface area (Å²) in [7, 11) is -3.67. The fourth-order valence-electron chi connectivity index (χ4n) is 8.89. The molecule has 0 unspecified atom stereocenters. The molecule has 12 rings (SSSR count). The van der Waals surface area contributed by atoms with Gasteiger partial charge in [-0.1, -0.05) is 177 Å². The molecule has 1 aliphatic heterocycles. The number of hydrogen-bond acceptors (Lipinski definition) is 5. The van der Waals surface area contributed by atoms with Crippen molar-refractivity contribution in [1.82, 2.24) is 0 Å². The van der Waals surface area contributed by atoms with E-state index in [1.165, 1.54) is 59.3 Å². The van der Waals surface area contributed by atoms with Crippen molar-refractivity contribution in [3.63, 3.8) is 0 Å². The number of halogens is 2. The summed E-state index contributed by atoms with van der Waals surface area (Å²) < 4.78 is 27.9. The van der Waals surface area contributed by atoms with Crippen molar-refractivity contribution in [1.29, 1.82) is 0 Å². The van der Waals surface area contributed by atoms with Crippen molar-refractivity contribution < 1.29 is 19.2 Å². The molecule has 62 heavy (non-hydrogen) atoms. The molecule has 0 saturated carbocycles. The zero-order valence-electron chi connectivity index (χ0n) is 33.1. The summed E-state index contributed by atoms with van der Waals surface area (Å²) in [6, 6.07) is 66.0. The first kappa shape index (κ1) is 42.1. The third kappa shape index (κ3) is 7.76. The van der Waals surface area contributed by atoms with Gasteiger partial charge in [0.15, 0.2) is 5.78 Å². The Bertz CT molecular complexity index is 3290. The van der Waals surface area contributed by atoms with E-state index >= 15 is 0 Å². The molecular weight excluding hydrogens is 957 g/mol. The van der Waals surface area contributed by atoms with Crippen LogP contribution in [0.2, 0.25) is 0 Å². The molecule has 1 spiro atoms. The minimum Gasteiger partial charge on any atom is -0.289 e. The molecule has 0 atom stereocenters. The third-order valence-corrected chi connectivity index (χ3v) is 13.7. The fourth-order valence-corrected chi connectivity index (χ4v) is 11.0. The molecule has 1 heterocycles. The fraction of sp³-hybridized carbons (Fsp3) is 0.0377. The van der Waals surface area contributed by atoms with Gasteiger partial charge in [-0.15, -0.1) is 12.6 Å². The second kappa shape index (κ2) is 17.1. The predicted octanol–water partition coefficient (Wildman–Crippen LogP) is 15.0. The molecule has 0 aromatic heterocycles. The second-order valence-electron chi connectivity index (χ2n) is 15.0. The van der Waals surface area contributed by atoms with E-state index in [0.717, 1.165) is 41.5 Å². The van der Waals surface area contributed by atoms with Gasteiger partial charge in [0.2, 0.25) is 0 Å². The Morgan fingerprint density at radius 2 is 1.00 bits per heavy atom. The molecule has 2 aliphatic carbocycles. The van der Waals surface area contributed by atoms with Gasteiger partial charge in [0, 0.05) is 41.7 Å². The van der Waals surface area contributed by atoms with Crippen LogP contribution >= 0.6 is 56.3 Å². The van der Waals surface area contributed by atoms with Crippen LogP contribution in [0.5, 0.6) is 0 Å². The average molecular weight is 996 g/mol. The van der Waals surface area contributed by atoms with E-state index in [4.69, 9.17) is 4.55 Å². The number of fused-ring (bicyclic) bond motifs is 16. The van der Waals surface area contributed by atoms with Crippen molar-refractivity contribution >= 4 is 93.7 Å². The van der Waals surface area contributed by atoms with Crippen LogP contribution in [0.15, 0.2) is 212 Å². The summed E-state index contributed by atoms with van der Waals surface area (Å²) in [6.07, 6.45) is 0.715. The highest BCUT2D eigenvalue weighted by atomic mass is 79.9. The number of benzene rings is 9. The molecule has 9 heteroatoms. The smallest absolute Gasteiger partial charge is 0.261 e. The third-order valence-electron chi connectivity index (χ3n) is 11.2. The van der Waals surface area contributed by atoms with Crippen LogP contribution in [0.25, 0.3) is 43.8 Å². The molecule has 3 aliphatic rings. The molecule has 0 amide bonds.